The van der Waals surface area contributed by atoms with E-state index in [0.29, 0.717) is 43.8 Å². The van der Waals surface area contributed by atoms with Crippen LogP contribution in [-0.4, -0.2) is 32.3 Å². The lowest BCUT2D eigenvalue weighted by molar-refractivity contribution is -0.113. The monoisotopic (exact) mass is 511 g/mol. The highest BCUT2D eigenvalue weighted by Gasteiger charge is 2.20. The van der Waals surface area contributed by atoms with Crippen molar-refractivity contribution in [3.05, 3.63) is 68.9 Å². The van der Waals surface area contributed by atoms with E-state index in [1.54, 1.807) is 36.4 Å². The van der Waals surface area contributed by atoms with Gasteiger partial charge in [-0.1, -0.05) is 52.6 Å². The van der Waals surface area contributed by atoms with E-state index < -0.39 is 6.04 Å². The van der Waals surface area contributed by atoms with E-state index in [2.05, 4.69) is 20.8 Å². The van der Waals surface area contributed by atoms with E-state index in [9.17, 15) is 9.59 Å². The number of thioether (sulfide) groups is 1. The van der Waals surface area contributed by atoms with Crippen molar-refractivity contribution in [2.45, 2.75) is 31.6 Å². The van der Waals surface area contributed by atoms with Gasteiger partial charge in [0, 0.05) is 22.8 Å². The molecule has 7 nitrogen and oxygen atoms in total. The summed E-state index contributed by atoms with van der Waals surface area (Å²) in [6.07, 6.45) is 0. The Hall–Kier alpha value is -2.26. The van der Waals surface area contributed by atoms with E-state index in [-0.39, 0.29) is 17.6 Å². The second-order valence-corrected chi connectivity index (χ2v) is 8.95. The Labute approximate surface area is 204 Å². The second kappa shape index (κ2) is 11.0. The largest absolute Gasteiger partial charge is 0.342 e. The molecule has 3 rings (SSSR count). The zero-order valence-electron chi connectivity index (χ0n) is 17.2. The van der Waals surface area contributed by atoms with Crippen LogP contribution in [0.15, 0.2) is 47.6 Å². The van der Waals surface area contributed by atoms with Crippen molar-refractivity contribution in [3.63, 3.8) is 0 Å². The average Bonchev–Trinajstić information content (AvgIpc) is 3.17. The molecule has 0 aliphatic rings. The Morgan fingerprint density at radius 3 is 2.56 bits per heavy atom. The van der Waals surface area contributed by atoms with Crippen LogP contribution >= 0.6 is 46.6 Å². The van der Waals surface area contributed by atoms with Crippen molar-refractivity contribution in [2.24, 2.45) is 0 Å². The summed E-state index contributed by atoms with van der Waals surface area (Å²) in [6, 6.07) is 11.2. The minimum Gasteiger partial charge on any atom is -0.342 e. The Balaban J connectivity index is 1.63. The Morgan fingerprint density at radius 2 is 1.88 bits per heavy atom. The molecule has 0 aliphatic carbocycles. The molecule has 1 atom stereocenters. The third kappa shape index (κ3) is 6.16. The summed E-state index contributed by atoms with van der Waals surface area (Å²) in [5, 5.41) is 15.9. The number of anilines is 1. The van der Waals surface area contributed by atoms with Gasteiger partial charge >= 0.3 is 0 Å². The number of hydrogen-bond acceptors (Lipinski definition) is 5. The lowest BCUT2D eigenvalue weighted by atomic mass is 10.2. The summed E-state index contributed by atoms with van der Waals surface area (Å²) in [5.41, 5.74) is 1.01. The molecule has 2 amide bonds. The minimum absolute atomic E-state index is 0.147. The average molecular weight is 513 g/mol. The predicted molar refractivity (Wildman–Crippen MR) is 129 cm³/mol. The van der Waals surface area contributed by atoms with E-state index in [1.807, 2.05) is 18.4 Å². The molecule has 0 spiro atoms. The molecule has 0 saturated heterocycles. The topological polar surface area (TPSA) is 88.9 Å². The normalized spacial score (nSPS) is 11.8. The third-order valence-electron chi connectivity index (χ3n) is 4.42. The van der Waals surface area contributed by atoms with Gasteiger partial charge in [0.05, 0.1) is 21.8 Å². The maximum atomic E-state index is 12.6. The number of amides is 2. The lowest BCUT2D eigenvalue weighted by Crippen LogP contribution is -2.28. The van der Waals surface area contributed by atoms with E-state index >= 15 is 0 Å². The molecular weight excluding hydrogens is 493 g/mol. The number of nitrogens with one attached hydrogen (secondary N) is 2. The van der Waals surface area contributed by atoms with Crippen LogP contribution < -0.4 is 10.6 Å². The van der Waals surface area contributed by atoms with Crippen molar-refractivity contribution in [1.29, 1.82) is 0 Å². The number of carbonyl (C=O) groups excluding carboxylic acids is 2. The van der Waals surface area contributed by atoms with Gasteiger partial charge in [-0.2, -0.15) is 0 Å². The molecule has 0 aliphatic heterocycles. The van der Waals surface area contributed by atoms with E-state index in [4.69, 9.17) is 34.8 Å². The van der Waals surface area contributed by atoms with Gasteiger partial charge in [-0.25, -0.2) is 0 Å². The molecule has 0 radical (unpaired) electrons. The van der Waals surface area contributed by atoms with E-state index in [1.165, 1.54) is 17.8 Å². The lowest BCUT2D eigenvalue weighted by Gasteiger charge is -2.15. The number of hydrogen-bond donors (Lipinski definition) is 2. The summed E-state index contributed by atoms with van der Waals surface area (Å²) in [7, 11) is 0. The first-order valence-corrected chi connectivity index (χ1v) is 11.8. The fourth-order valence-corrected chi connectivity index (χ4v) is 4.20. The van der Waals surface area contributed by atoms with Gasteiger partial charge in [0.25, 0.3) is 5.91 Å². The summed E-state index contributed by atoms with van der Waals surface area (Å²) >= 11 is 19.1. The molecule has 2 N–H and O–H groups in total. The van der Waals surface area contributed by atoms with Gasteiger partial charge in [-0.05, 0) is 50.2 Å². The quantitative estimate of drug-likeness (QED) is 0.390. The molecule has 1 aromatic heterocycles. The Morgan fingerprint density at radius 1 is 1.09 bits per heavy atom. The molecule has 32 heavy (non-hydrogen) atoms. The fraction of sp³-hybridized carbons (Fsp3) is 0.238. The van der Waals surface area contributed by atoms with Gasteiger partial charge in [0.1, 0.15) is 0 Å². The van der Waals surface area contributed by atoms with Gasteiger partial charge in [0.15, 0.2) is 11.0 Å². The van der Waals surface area contributed by atoms with Crippen LogP contribution in [0.3, 0.4) is 0 Å². The van der Waals surface area contributed by atoms with Crippen LogP contribution in [0.25, 0.3) is 0 Å². The van der Waals surface area contributed by atoms with Crippen LogP contribution in [0, 0.1) is 0 Å². The number of aromatic nitrogens is 3. The first kappa shape index (κ1) is 24.4. The number of nitrogens with zero attached hydrogens (tertiary/aromatic N) is 3. The van der Waals surface area contributed by atoms with Gasteiger partial charge < -0.3 is 15.2 Å². The first-order chi connectivity index (χ1) is 15.3. The van der Waals surface area contributed by atoms with Crippen LogP contribution in [0.4, 0.5) is 5.69 Å². The smallest absolute Gasteiger partial charge is 0.251 e. The molecule has 2 aromatic carbocycles. The minimum atomic E-state index is -0.418. The Kier molecular flexibility index (Phi) is 8.42. The number of rotatable bonds is 8. The van der Waals surface area contributed by atoms with Gasteiger partial charge in [-0.3, -0.25) is 9.59 Å². The van der Waals surface area contributed by atoms with Crippen LogP contribution in [0.5, 0.6) is 0 Å². The SMILES string of the molecule is CCn1c(SCC(=O)Nc2cccc(Cl)c2)nnc1[C@@H](C)NC(=O)c1ccc(Cl)c(Cl)c1. The van der Waals surface area contributed by atoms with Crippen molar-refractivity contribution < 1.29 is 9.59 Å². The first-order valence-electron chi connectivity index (χ1n) is 9.65. The van der Waals surface area contributed by atoms with Gasteiger partial charge in [0.2, 0.25) is 5.91 Å². The molecule has 0 unspecified atom stereocenters. The summed E-state index contributed by atoms with van der Waals surface area (Å²) < 4.78 is 1.86. The number of carbonyl (C=O) groups is 2. The van der Waals surface area contributed by atoms with E-state index in [0.717, 1.165) is 0 Å². The van der Waals surface area contributed by atoms with Crippen LogP contribution in [0.2, 0.25) is 15.1 Å². The van der Waals surface area contributed by atoms with Crippen LogP contribution in [-0.2, 0) is 11.3 Å². The summed E-state index contributed by atoms with van der Waals surface area (Å²) in [5.74, 6) is 0.232. The zero-order valence-corrected chi connectivity index (χ0v) is 20.3. The zero-order chi connectivity index (χ0) is 23.3. The second-order valence-electron chi connectivity index (χ2n) is 6.76. The molecule has 11 heteroatoms. The number of benzene rings is 2. The van der Waals surface area contributed by atoms with Crippen molar-refractivity contribution in [2.75, 3.05) is 11.1 Å². The standard InChI is InChI=1S/C21H20Cl3N5O2S/c1-3-29-19(12(2)25-20(31)13-7-8-16(23)17(24)9-13)27-28-21(29)32-11-18(30)26-15-6-4-5-14(22)10-15/h4-10,12H,3,11H2,1-2H3,(H,25,31)(H,26,30)/t12-/m1/s1. The highest BCUT2D eigenvalue weighted by molar-refractivity contribution is 7.99. The predicted octanol–water partition coefficient (Wildman–Crippen LogP) is 5.48. The van der Waals surface area contributed by atoms with Crippen molar-refractivity contribution in [3.8, 4) is 0 Å². The molecule has 0 bridgehead atoms. The summed E-state index contributed by atoms with van der Waals surface area (Å²) in [6.45, 7) is 4.33. The summed E-state index contributed by atoms with van der Waals surface area (Å²) in [4.78, 5) is 24.9. The fourth-order valence-electron chi connectivity index (χ4n) is 2.90. The highest BCUT2D eigenvalue weighted by Crippen LogP contribution is 2.24. The highest BCUT2D eigenvalue weighted by atomic mass is 35.5. The van der Waals surface area contributed by atoms with Gasteiger partial charge in [-0.15, -0.1) is 10.2 Å². The van der Waals surface area contributed by atoms with Crippen molar-refractivity contribution in [1.82, 2.24) is 20.1 Å². The molecule has 1 heterocycles. The molecule has 168 valence electrons. The Bertz CT molecular complexity index is 1140. The maximum Gasteiger partial charge on any atom is 0.251 e. The van der Waals surface area contributed by atoms with Crippen molar-refractivity contribution >= 4 is 64.1 Å². The molecular formula is C21H20Cl3N5O2S. The van der Waals surface area contributed by atoms with Crippen LogP contribution in [0.1, 0.15) is 36.1 Å². The number of halogens is 3. The molecule has 0 fully saturated rings. The molecule has 0 saturated carbocycles. The third-order valence-corrected chi connectivity index (χ3v) is 6.36. The maximum absolute atomic E-state index is 12.6. The molecule has 3 aromatic rings.